The normalized spacial score (nSPS) is 10.7. The number of benzene rings is 2. The van der Waals surface area contributed by atoms with E-state index < -0.39 is 0 Å². The van der Waals surface area contributed by atoms with Gasteiger partial charge >= 0.3 is 6.03 Å². The lowest BCUT2D eigenvalue weighted by Crippen LogP contribution is -2.19. The number of rotatable bonds is 5. The minimum atomic E-state index is -0.309. The van der Waals surface area contributed by atoms with Crippen LogP contribution in [-0.4, -0.2) is 22.7 Å². The van der Waals surface area contributed by atoms with Gasteiger partial charge in [0.2, 0.25) is 0 Å². The van der Waals surface area contributed by atoms with Crippen LogP contribution in [-0.2, 0) is 6.54 Å². The first kappa shape index (κ1) is 19.0. The zero-order chi connectivity index (χ0) is 20.2. The first-order valence-electron chi connectivity index (χ1n) is 9.02. The molecule has 0 fully saturated rings. The Kier molecular flexibility index (Phi) is 5.48. The van der Waals surface area contributed by atoms with Crippen molar-refractivity contribution in [1.29, 1.82) is 0 Å². The molecule has 0 spiro atoms. The summed E-state index contributed by atoms with van der Waals surface area (Å²) in [6.07, 6.45) is 5.60. The number of fused-ring (bicyclic) bond motifs is 1. The Hall–Kier alpha value is -3.32. The number of carbonyl (C=O) groups is 1. The van der Waals surface area contributed by atoms with Gasteiger partial charge in [-0.3, -0.25) is 4.98 Å². The SMILES string of the molecule is COc1ccc(NC(=O)Nc2cccc3c2ccn3Cc2ccncc2)cc1Br. The number of nitrogens with zero attached hydrogens (tertiary/aromatic N) is 2. The fourth-order valence-electron chi connectivity index (χ4n) is 3.18. The van der Waals surface area contributed by atoms with Gasteiger partial charge in [0, 0.05) is 36.2 Å². The van der Waals surface area contributed by atoms with Crippen LogP contribution in [0, 0.1) is 0 Å². The van der Waals surface area contributed by atoms with E-state index in [2.05, 4.69) is 36.1 Å². The van der Waals surface area contributed by atoms with Gasteiger partial charge in [-0.1, -0.05) is 6.07 Å². The van der Waals surface area contributed by atoms with Crippen molar-refractivity contribution in [2.45, 2.75) is 6.54 Å². The van der Waals surface area contributed by atoms with Crippen molar-refractivity contribution in [3.8, 4) is 5.75 Å². The summed E-state index contributed by atoms with van der Waals surface area (Å²) in [6.45, 7) is 0.738. The van der Waals surface area contributed by atoms with Crippen LogP contribution < -0.4 is 15.4 Å². The molecule has 0 aliphatic heterocycles. The first-order valence-corrected chi connectivity index (χ1v) is 9.81. The fraction of sp³-hybridized carbons (Fsp3) is 0.0909. The topological polar surface area (TPSA) is 68.2 Å². The lowest BCUT2D eigenvalue weighted by Gasteiger charge is -2.11. The molecule has 2 aromatic heterocycles. The predicted molar refractivity (Wildman–Crippen MR) is 119 cm³/mol. The maximum Gasteiger partial charge on any atom is 0.323 e. The molecule has 7 heteroatoms. The van der Waals surface area contributed by atoms with Gasteiger partial charge in [0.25, 0.3) is 0 Å². The largest absolute Gasteiger partial charge is 0.496 e. The van der Waals surface area contributed by atoms with Gasteiger partial charge in [-0.25, -0.2) is 4.79 Å². The highest BCUT2D eigenvalue weighted by Gasteiger charge is 2.10. The van der Waals surface area contributed by atoms with Crippen LogP contribution >= 0.6 is 15.9 Å². The van der Waals surface area contributed by atoms with Gasteiger partial charge in [-0.15, -0.1) is 0 Å². The molecule has 0 saturated heterocycles. The molecule has 2 aromatic carbocycles. The summed E-state index contributed by atoms with van der Waals surface area (Å²) in [6, 6.07) is 16.9. The summed E-state index contributed by atoms with van der Waals surface area (Å²) in [5.41, 5.74) is 3.63. The van der Waals surface area contributed by atoms with E-state index in [-0.39, 0.29) is 6.03 Å². The molecule has 0 unspecified atom stereocenters. The third-order valence-electron chi connectivity index (χ3n) is 4.57. The number of amides is 2. The molecule has 0 radical (unpaired) electrons. The standard InChI is InChI=1S/C22H19BrN4O2/c1-29-21-6-5-16(13-18(21)23)25-22(28)26-19-3-2-4-20-17(19)9-12-27(20)14-15-7-10-24-11-8-15/h2-13H,14H2,1H3,(H2,25,26,28). The Morgan fingerprint density at radius 2 is 1.93 bits per heavy atom. The number of aromatic nitrogens is 2. The van der Waals surface area contributed by atoms with E-state index in [1.165, 1.54) is 5.56 Å². The Labute approximate surface area is 176 Å². The second-order valence-electron chi connectivity index (χ2n) is 6.47. The molecule has 4 aromatic rings. The zero-order valence-corrected chi connectivity index (χ0v) is 17.3. The van der Waals surface area contributed by atoms with Gasteiger partial charge in [0.15, 0.2) is 0 Å². The summed E-state index contributed by atoms with van der Waals surface area (Å²) in [5, 5.41) is 6.76. The third kappa shape index (κ3) is 4.25. The summed E-state index contributed by atoms with van der Waals surface area (Å²) < 4.78 is 8.13. The van der Waals surface area contributed by atoms with Crippen LogP contribution in [0.1, 0.15) is 5.56 Å². The molecule has 6 nitrogen and oxygen atoms in total. The molecule has 29 heavy (non-hydrogen) atoms. The number of ether oxygens (including phenoxy) is 1. The maximum atomic E-state index is 12.5. The molecule has 2 amide bonds. The highest BCUT2D eigenvalue weighted by Crippen LogP contribution is 2.28. The molecule has 0 bridgehead atoms. The summed E-state index contributed by atoms with van der Waals surface area (Å²) in [7, 11) is 1.60. The highest BCUT2D eigenvalue weighted by molar-refractivity contribution is 9.10. The second kappa shape index (κ2) is 8.36. The Bertz CT molecular complexity index is 1160. The zero-order valence-electron chi connectivity index (χ0n) is 15.7. The fourth-order valence-corrected chi connectivity index (χ4v) is 3.72. The molecule has 0 aliphatic carbocycles. The van der Waals surface area contributed by atoms with Crippen molar-refractivity contribution in [1.82, 2.24) is 9.55 Å². The number of anilines is 2. The van der Waals surface area contributed by atoms with E-state index in [0.29, 0.717) is 11.4 Å². The smallest absolute Gasteiger partial charge is 0.323 e. The molecule has 146 valence electrons. The highest BCUT2D eigenvalue weighted by atomic mass is 79.9. The molecule has 0 atom stereocenters. The number of halogens is 1. The third-order valence-corrected chi connectivity index (χ3v) is 5.19. The maximum absolute atomic E-state index is 12.5. The van der Waals surface area contributed by atoms with Crippen LogP contribution in [0.25, 0.3) is 10.9 Å². The predicted octanol–water partition coefficient (Wildman–Crippen LogP) is 5.50. The van der Waals surface area contributed by atoms with Crippen LogP contribution in [0.2, 0.25) is 0 Å². The number of hydrogen-bond donors (Lipinski definition) is 2. The van der Waals surface area contributed by atoms with Gasteiger partial charge in [-0.05, 0) is 70.0 Å². The monoisotopic (exact) mass is 450 g/mol. The van der Waals surface area contributed by atoms with E-state index in [1.807, 2.05) is 42.6 Å². The van der Waals surface area contributed by atoms with Crippen LogP contribution in [0.4, 0.5) is 16.2 Å². The molecule has 2 N–H and O–H groups in total. The molecular formula is C22H19BrN4O2. The number of nitrogens with one attached hydrogen (secondary N) is 2. The Morgan fingerprint density at radius 3 is 2.69 bits per heavy atom. The first-order chi connectivity index (χ1) is 14.1. The molecular weight excluding hydrogens is 432 g/mol. The van der Waals surface area contributed by atoms with Gasteiger partial charge in [-0.2, -0.15) is 0 Å². The average Bonchev–Trinajstić information content (AvgIpc) is 3.13. The average molecular weight is 451 g/mol. The van der Waals surface area contributed by atoms with Gasteiger partial charge in [0.05, 0.1) is 22.8 Å². The van der Waals surface area contributed by atoms with Gasteiger partial charge in [0.1, 0.15) is 5.75 Å². The Balaban J connectivity index is 1.52. The van der Waals surface area contributed by atoms with E-state index in [4.69, 9.17) is 4.74 Å². The van der Waals surface area contributed by atoms with Gasteiger partial charge < -0.3 is 19.9 Å². The lowest BCUT2D eigenvalue weighted by atomic mass is 10.2. The molecule has 2 heterocycles. The van der Waals surface area contributed by atoms with Crippen molar-refractivity contribution < 1.29 is 9.53 Å². The quantitative estimate of drug-likeness (QED) is 0.421. The second-order valence-corrected chi connectivity index (χ2v) is 7.32. The summed E-state index contributed by atoms with van der Waals surface area (Å²) >= 11 is 3.42. The van der Waals surface area contributed by atoms with Crippen LogP contribution in [0.5, 0.6) is 5.75 Å². The van der Waals surface area contributed by atoms with E-state index in [9.17, 15) is 4.79 Å². The minimum absolute atomic E-state index is 0.309. The number of methoxy groups -OCH3 is 1. The van der Waals surface area contributed by atoms with E-state index in [1.54, 1.807) is 37.7 Å². The van der Waals surface area contributed by atoms with Crippen molar-refractivity contribution in [2.75, 3.05) is 17.7 Å². The number of pyridine rings is 1. The van der Waals surface area contributed by atoms with Crippen LogP contribution in [0.15, 0.2) is 77.7 Å². The summed E-state index contributed by atoms with van der Waals surface area (Å²) in [4.78, 5) is 16.6. The Morgan fingerprint density at radius 1 is 1.10 bits per heavy atom. The summed E-state index contributed by atoms with van der Waals surface area (Å²) in [5.74, 6) is 0.705. The molecule has 4 rings (SSSR count). The molecule has 0 aliphatic rings. The van der Waals surface area contributed by atoms with E-state index in [0.717, 1.165) is 27.6 Å². The number of urea groups is 1. The van der Waals surface area contributed by atoms with Crippen molar-refractivity contribution in [3.05, 3.63) is 83.2 Å². The van der Waals surface area contributed by atoms with Crippen molar-refractivity contribution >= 4 is 44.2 Å². The molecule has 0 saturated carbocycles. The number of hydrogen-bond acceptors (Lipinski definition) is 3. The lowest BCUT2D eigenvalue weighted by molar-refractivity contribution is 0.262. The van der Waals surface area contributed by atoms with Crippen molar-refractivity contribution in [3.63, 3.8) is 0 Å². The van der Waals surface area contributed by atoms with E-state index >= 15 is 0 Å². The number of carbonyl (C=O) groups excluding carboxylic acids is 1. The van der Waals surface area contributed by atoms with Crippen molar-refractivity contribution in [2.24, 2.45) is 0 Å². The van der Waals surface area contributed by atoms with Crippen LogP contribution in [0.3, 0.4) is 0 Å². The minimum Gasteiger partial charge on any atom is -0.496 e.